The fraction of sp³-hybridized carbons (Fsp3) is 0.174. The van der Waals surface area contributed by atoms with Gasteiger partial charge in [-0.1, -0.05) is 30.3 Å². The molecule has 0 radical (unpaired) electrons. The Bertz CT molecular complexity index is 1300. The van der Waals surface area contributed by atoms with Crippen LogP contribution in [0, 0.1) is 5.82 Å². The van der Waals surface area contributed by atoms with E-state index < -0.39 is 0 Å². The fourth-order valence-electron chi connectivity index (χ4n) is 3.47. The topological polar surface area (TPSA) is 73.2 Å². The van der Waals surface area contributed by atoms with Crippen molar-refractivity contribution in [3.63, 3.8) is 0 Å². The van der Waals surface area contributed by atoms with Crippen LogP contribution in [-0.4, -0.2) is 22.6 Å². The average molecular weight is 437 g/mol. The number of benzene rings is 2. The van der Waals surface area contributed by atoms with Crippen LogP contribution in [0.15, 0.2) is 65.0 Å². The highest BCUT2D eigenvalue weighted by Crippen LogP contribution is 2.30. The number of para-hydroxylation sites is 1. The molecule has 0 bridgehead atoms. The Balaban J connectivity index is 1.59. The van der Waals surface area contributed by atoms with E-state index in [2.05, 4.69) is 10.3 Å². The highest BCUT2D eigenvalue weighted by atomic mass is 32.1. The summed E-state index contributed by atoms with van der Waals surface area (Å²) in [7, 11) is 1.58. The Morgan fingerprint density at radius 2 is 1.97 bits per heavy atom. The summed E-state index contributed by atoms with van der Waals surface area (Å²) >= 11 is 1.33. The second-order valence-corrected chi connectivity index (χ2v) is 7.90. The predicted molar refractivity (Wildman–Crippen MR) is 119 cm³/mol. The first-order valence-electron chi connectivity index (χ1n) is 9.62. The molecule has 2 aromatic heterocycles. The molecule has 4 rings (SSSR count). The highest BCUT2D eigenvalue weighted by Gasteiger charge is 2.17. The van der Waals surface area contributed by atoms with Crippen molar-refractivity contribution in [3.05, 3.63) is 82.0 Å². The molecule has 1 unspecified atom stereocenters. The zero-order valence-corrected chi connectivity index (χ0v) is 17.8. The van der Waals surface area contributed by atoms with Gasteiger partial charge in [0, 0.05) is 16.5 Å². The molecule has 0 aliphatic heterocycles. The van der Waals surface area contributed by atoms with Crippen LogP contribution in [0.1, 0.15) is 18.5 Å². The number of nitrogens with one attached hydrogen (secondary N) is 1. The number of methoxy groups -OCH3 is 1. The lowest BCUT2D eigenvalue weighted by Gasteiger charge is -2.17. The van der Waals surface area contributed by atoms with Crippen molar-refractivity contribution in [3.8, 4) is 16.9 Å². The molecule has 8 heteroatoms. The van der Waals surface area contributed by atoms with Crippen LogP contribution in [0.25, 0.3) is 21.3 Å². The maximum absolute atomic E-state index is 13.3. The Morgan fingerprint density at radius 3 is 2.71 bits per heavy atom. The van der Waals surface area contributed by atoms with Crippen molar-refractivity contribution < 1.29 is 13.9 Å². The Kier molecular flexibility index (Phi) is 5.81. The van der Waals surface area contributed by atoms with Gasteiger partial charge < -0.3 is 10.1 Å². The van der Waals surface area contributed by atoms with E-state index in [0.717, 1.165) is 11.1 Å². The molecule has 1 N–H and O–H groups in total. The maximum Gasteiger partial charge on any atom is 0.263 e. The van der Waals surface area contributed by atoms with Crippen LogP contribution in [-0.2, 0) is 11.3 Å². The summed E-state index contributed by atoms with van der Waals surface area (Å²) in [5, 5.41) is 5.14. The van der Waals surface area contributed by atoms with Crippen LogP contribution in [0.4, 0.5) is 4.39 Å². The van der Waals surface area contributed by atoms with Gasteiger partial charge in [-0.05, 0) is 30.7 Å². The number of nitrogens with zero attached hydrogens (tertiary/aromatic N) is 2. The Hall–Kier alpha value is -3.52. The summed E-state index contributed by atoms with van der Waals surface area (Å²) < 4.78 is 19.9. The molecule has 2 aromatic carbocycles. The third-order valence-corrected chi connectivity index (χ3v) is 5.90. The number of rotatable bonds is 6. The Morgan fingerprint density at radius 1 is 1.23 bits per heavy atom. The van der Waals surface area contributed by atoms with E-state index in [0.29, 0.717) is 21.5 Å². The molecule has 4 aromatic rings. The third kappa shape index (κ3) is 4.20. The van der Waals surface area contributed by atoms with Gasteiger partial charge in [0.2, 0.25) is 5.91 Å². The van der Waals surface area contributed by atoms with Gasteiger partial charge in [0.05, 0.1) is 24.9 Å². The number of amides is 1. The van der Waals surface area contributed by atoms with Gasteiger partial charge in [-0.3, -0.25) is 14.2 Å². The minimum atomic E-state index is -0.348. The maximum atomic E-state index is 13.3. The molecule has 0 spiro atoms. The molecule has 158 valence electrons. The van der Waals surface area contributed by atoms with Crippen molar-refractivity contribution in [2.24, 2.45) is 0 Å². The van der Waals surface area contributed by atoms with E-state index in [1.165, 1.54) is 34.4 Å². The van der Waals surface area contributed by atoms with Crippen molar-refractivity contribution in [1.82, 2.24) is 14.9 Å². The minimum Gasteiger partial charge on any atom is -0.496 e. The monoisotopic (exact) mass is 437 g/mol. The van der Waals surface area contributed by atoms with Crippen LogP contribution in [0.5, 0.6) is 5.75 Å². The lowest BCUT2D eigenvalue weighted by Crippen LogP contribution is -2.34. The molecule has 0 fully saturated rings. The van der Waals surface area contributed by atoms with Crippen molar-refractivity contribution in [2.75, 3.05) is 7.11 Å². The molecule has 0 aliphatic carbocycles. The SMILES string of the molecule is COc1ccccc1C(C)NC(=O)Cn1cnc2scc(-c3ccc(F)cc3)c2c1=O. The van der Waals surface area contributed by atoms with E-state index in [1.54, 1.807) is 19.2 Å². The van der Waals surface area contributed by atoms with Gasteiger partial charge in [0.1, 0.15) is 22.9 Å². The minimum absolute atomic E-state index is 0.167. The molecule has 1 atom stereocenters. The number of ether oxygens (including phenoxy) is 1. The number of thiophene rings is 1. The van der Waals surface area contributed by atoms with E-state index in [4.69, 9.17) is 4.74 Å². The molecule has 2 heterocycles. The number of fused-ring (bicyclic) bond motifs is 1. The van der Waals surface area contributed by atoms with Gasteiger partial charge in [0.15, 0.2) is 0 Å². The quantitative estimate of drug-likeness (QED) is 0.492. The standard InChI is InChI=1S/C23H20FN3O3S/c1-14(17-5-3-4-6-19(17)30-2)26-20(28)11-27-13-25-22-21(23(27)29)18(12-31-22)15-7-9-16(24)10-8-15/h3-10,12-14H,11H2,1-2H3,(H,26,28). The molecular formula is C23H20FN3O3S. The van der Waals surface area contributed by atoms with E-state index in [1.807, 2.05) is 36.6 Å². The molecule has 6 nitrogen and oxygen atoms in total. The predicted octanol–water partition coefficient (Wildman–Crippen LogP) is 4.15. The van der Waals surface area contributed by atoms with Gasteiger partial charge in [-0.25, -0.2) is 9.37 Å². The number of halogens is 1. The zero-order chi connectivity index (χ0) is 22.0. The number of aromatic nitrogens is 2. The van der Waals surface area contributed by atoms with Gasteiger partial charge in [0.25, 0.3) is 5.56 Å². The zero-order valence-electron chi connectivity index (χ0n) is 17.0. The fourth-order valence-corrected chi connectivity index (χ4v) is 4.37. The number of carbonyl (C=O) groups excluding carboxylic acids is 1. The molecule has 31 heavy (non-hydrogen) atoms. The lowest BCUT2D eigenvalue weighted by molar-refractivity contribution is -0.122. The first-order valence-corrected chi connectivity index (χ1v) is 10.5. The summed E-state index contributed by atoms with van der Waals surface area (Å²) in [6, 6.07) is 13.1. The molecule has 1 amide bonds. The van der Waals surface area contributed by atoms with Crippen LogP contribution >= 0.6 is 11.3 Å². The first-order chi connectivity index (χ1) is 15.0. The summed E-state index contributed by atoms with van der Waals surface area (Å²) in [6.07, 6.45) is 1.38. The largest absolute Gasteiger partial charge is 0.496 e. The van der Waals surface area contributed by atoms with E-state index in [-0.39, 0.29) is 29.9 Å². The van der Waals surface area contributed by atoms with Gasteiger partial charge in [-0.2, -0.15) is 0 Å². The van der Waals surface area contributed by atoms with Crippen LogP contribution in [0.2, 0.25) is 0 Å². The summed E-state index contributed by atoms with van der Waals surface area (Å²) in [5.74, 6) is 0.0117. The lowest BCUT2D eigenvalue weighted by atomic mass is 10.1. The molecular weight excluding hydrogens is 417 g/mol. The summed E-state index contributed by atoms with van der Waals surface area (Å²) in [5.41, 5.74) is 1.93. The van der Waals surface area contributed by atoms with E-state index >= 15 is 0 Å². The van der Waals surface area contributed by atoms with Gasteiger partial charge >= 0.3 is 0 Å². The smallest absolute Gasteiger partial charge is 0.263 e. The average Bonchev–Trinajstić information content (AvgIpc) is 3.21. The first kappa shape index (κ1) is 20.7. The van der Waals surface area contributed by atoms with Crippen LogP contribution in [0.3, 0.4) is 0 Å². The normalized spacial score (nSPS) is 12.0. The van der Waals surface area contributed by atoms with Crippen molar-refractivity contribution >= 4 is 27.5 Å². The third-order valence-electron chi connectivity index (χ3n) is 5.01. The molecule has 0 saturated heterocycles. The second-order valence-electron chi connectivity index (χ2n) is 7.05. The summed E-state index contributed by atoms with van der Waals surface area (Å²) in [4.78, 5) is 30.6. The number of carbonyl (C=O) groups is 1. The number of hydrogen-bond acceptors (Lipinski definition) is 5. The highest BCUT2D eigenvalue weighted by molar-refractivity contribution is 7.17. The molecule has 0 saturated carbocycles. The Labute approximate surface area is 181 Å². The van der Waals surface area contributed by atoms with E-state index in [9.17, 15) is 14.0 Å². The second kappa shape index (κ2) is 8.69. The van der Waals surface area contributed by atoms with Crippen LogP contribution < -0.4 is 15.6 Å². The van der Waals surface area contributed by atoms with Crippen molar-refractivity contribution in [1.29, 1.82) is 0 Å². The summed E-state index contributed by atoms with van der Waals surface area (Å²) in [6.45, 7) is 1.69. The van der Waals surface area contributed by atoms with Crippen molar-refractivity contribution in [2.45, 2.75) is 19.5 Å². The number of hydrogen-bond donors (Lipinski definition) is 1. The van der Waals surface area contributed by atoms with Gasteiger partial charge in [-0.15, -0.1) is 11.3 Å². The molecule has 0 aliphatic rings.